The summed E-state index contributed by atoms with van der Waals surface area (Å²) in [4.78, 5) is 54.0. The molecule has 2 rings (SSSR count). The van der Waals surface area contributed by atoms with Crippen molar-refractivity contribution in [3.05, 3.63) is 64.7 Å². The van der Waals surface area contributed by atoms with Gasteiger partial charge in [0.05, 0.1) is 7.11 Å². The van der Waals surface area contributed by atoms with Crippen molar-refractivity contribution >= 4 is 23.9 Å². The van der Waals surface area contributed by atoms with Gasteiger partial charge in [0.1, 0.15) is 30.0 Å². The molecule has 0 heterocycles. The summed E-state index contributed by atoms with van der Waals surface area (Å²) in [5.74, 6) is -1.66. The van der Waals surface area contributed by atoms with Crippen LogP contribution in [-0.2, 0) is 30.3 Å². The van der Waals surface area contributed by atoms with Gasteiger partial charge in [-0.1, -0.05) is 30.3 Å². The Morgan fingerprint density at radius 1 is 1.00 bits per heavy atom. The van der Waals surface area contributed by atoms with Crippen LogP contribution < -0.4 is 10.6 Å². The lowest BCUT2D eigenvalue weighted by Crippen LogP contribution is -2.56. The van der Waals surface area contributed by atoms with Crippen molar-refractivity contribution in [2.75, 3.05) is 13.7 Å². The van der Waals surface area contributed by atoms with Crippen LogP contribution in [0.1, 0.15) is 62.9 Å². The van der Waals surface area contributed by atoms with Gasteiger partial charge in [-0.15, -0.1) is 0 Å². The molecule has 0 aliphatic rings. The number of amides is 3. The highest BCUT2D eigenvalue weighted by Gasteiger charge is 2.38. The van der Waals surface area contributed by atoms with Gasteiger partial charge in [0.2, 0.25) is 11.8 Å². The second kappa shape index (κ2) is 13.8. The van der Waals surface area contributed by atoms with Gasteiger partial charge in [-0.05, 0) is 82.9 Å². The van der Waals surface area contributed by atoms with E-state index in [9.17, 15) is 24.3 Å². The third-order valence-electron chi connectivity index (χ3n) is 6.28. The van der Waals surface area contributed by atoms with Gasteiger partial charge < -0.3 is 30.1 Å². The molecular formula is C30H41N3O7. The highest BCUT2D eigenvalue weighted by molar-refractivity contribution is 5.93. The number of nitrogens with zero attached hydrogens (tertiary/aromatic N) is 1. The van der Waals surface area contributed by atoms with E-state index in [1.807, 2.05) is 19.9 Å². The zero-order valence-corrected chi connectivity index (χ0v) is 24.5. The third-order valence-corrected chi connectivity index (χ3v) is 6.28. The highest BCUT2D eigenvalue weighted by atomic mass is 16.6. The minimum absolute atomic E-state index is 0.0628. The van der Waals surface area contributed by atoms with Crippen molar-refractivity contribution in [1.82, 2.24) is 15.5 Å². The molecule has 0 aliphatic carbocycles. The normalized spacial score (nSPS) is 12.7. The van der Waals surface area contributed by atoms with Crippen LogP contribution >= 0.6 is 0 Å². The predicted octanol–water partition coefficient (Wildman–Crippen LogP) is 3.71. The number of hydrogen-bond donors (Lipinski definition) is 3. The Labute approximate surface area is 236 Å². The molecule has 0 aliphatic heterocycles. The lowest BCUT2D eigenvalue weighted by Gasteiger charge is -2.38. The average molecular weight is 556 g/mol. The number of aromatic hydroxyl groups is 1. The Balaban J connectivity index is 2.59. The highest BCUT2D eigenvalue weighted by Crippen LogP contribution is 2.29. The van der Waals surface area contributed by atoms with E-state index in [0.29, 0.717) is 11.1 Å². The van der Waals surface area contributed by atoms with Gasteiger partial charge in [0.25, 0.3) is 0 Å². The molecule has 2 unspecified atom stereocenters. The number of methoxy groups -OCH3 is 1. The molecule has 10 heteroatoms. The van der Waals surface area contributed by atoms with E-state index in [-0.39, 0.29) is 18.7 Å². The number of carbonyl (C=O) groups excluding carboxylic acids is 4. The summed E-state index contributed by atoms with van der Waals surface area (Å²) in [5, 5.41) is 15.0. The van der Waals surface area contributed by atoms with Gasteiger partial charge >= 0.3 is 12.1 Å². The number of esters is 1. The van der Waals surface area contributed by atoms with E-state index >= 15 is 0 Å². The van der Waals surface area contributed by atoms with Crippen molar-refractivity contribution in [1.29, 1.82) is 0 Å². The van der Waals surface area contributed by atoms with Gasteiger partial charge in [-0.2, -0.15) is 0 Å². The number of phenolic OH excluding ortho intramolecular Hbond substituents is 1. The van der Waals surface area contributed by atoms with E-state index in [0.717, 1.165) is 11.1 Å². The van der Waals surface area contributed by atoms with Crippen LogP contribution in [0.5, 0.6) is 5.75 Å². The summed E-state index contributed by atoms with van der Waals surface area (Å²) < 4.78 is 10.1. The van der Waals surface area contributed by atoms with E-state index in [1.54, 1.807) is 58.9 Å². The molecule has 0 bridgehead atoms. The van der Waals surface area contributed by atoms with Crippen molar-refractivity contribution in [3.63, 3.8) is 0 Å². The molecule has 0 radical (unpaired) electrons. The van der Waals surface area contributed by atoms with Crippen LogP contribution in [-0.4, -0.2) is 65.2 Å². The zero-order valence-electron chi connectivity index (χ0n) is 24.5. The summed E-state index contributed by atoms with van der Waals surface area (Å²) in [5.41, 5.74) is 2.20. The lowest BCUT2D eigenvalue weighted by molar-refractivity contribution is -0.146. The predicted molar refractivity (Wildman–Crippen MR) is 151 cm³/mol. The molecule has 0 fully saturated rings. The number of phenols is 1. The summed E-state index contributed by atoms with van der Waals surface area (Å²) in [6.07, 6.45) is -0.711. The molecule has 2 aromatic carbocycles. The van der Waals surface area contributed by atoms with Crippen LogP contribution in [0.25, 0.3) is 0 Å². The molecule has 3 N–H and O–H groups in total. The molecule has 2 aromatic rings. The quantitative estimate of drug-likeness (QED) is 0.381. The molecule has 0 saturated heterocycles. The molecule has 2 atom stereocenters. The van der Waals surface area contributed by atoms with Crippen LogP contribution in [0.3, 0.4) is 0 Å². The minimum atomic E-state index is -1.11. The number of nitrogens with one attached hydrogen (secondary N) is 2. The fourth-order valence-corrected chi connectivity index (χ4v) is 4.19. The maximum Gasteiger partial charge on any atom is 0.408 e. The number of hydrogen-bond acceptors (Lipinski definition) is 7. The molecule has 40 heavy (non-hydrogen) atoms. The van der Waals surface area contributed by atoms with E-state index in [4.69, 9.17) is 4.74 Å². The minimum Gasteiger partial charge on any atom is -0.508 e. The van der Waals surface area contributed by atoms with Crippen LogP contribution in [0.2, 0.25) is 0 Å². The van der Waals surface area contributed by atoms with Gasteiger partial charge in [0.15, 0.2) is 0 Å². The summed E-state index contributed by atoms with van der Waals surface area (Å²) in [7, 11) is 1.22. The van der Waals surface area contributed by atoms with Crippen molar-refractivity contribution in [2.45, 2.75) is 78.6 Å². The molecule has 3 amide bonds. The second-order valence-electron chi connectivity index (χ2n) is 10.9. The fourth-order valence-electron chi connectivity index (χ4n) is 4.19. The van der Waals surface area contributed by atoms with Gasteiger partial charge in [0, 0.05) is 12.5 Å². The standard InChI is InChI=1S/C30H41N3O7/c1-18(2)33(26(27(36)31-17-25(35)39-8)23-11-9-10-19(3)20(23)4)28(37)24(32-29(38)40-30(5,6)7)16-21-12-14-22(34)15-13-21/h9-15,18,24,26,34H,16-17H2,1-8H3,(H,31,36)(H,32,38). The lowest BCUT2D eigenvalue weighted by atomic mass is 9.93. The van der Waals surface area contributed by atoms with E-state index < -0.39 is 47.6 Å². The van der Waals surface area contributed by atoms with Crippen molar-refractivity contribution in [2.24, 2.45) is 0 Å². The van der Waals surface area contributed by atoms with Gasteiger partial charge in [-0.3, -0.25) is 14.4 Å². The molecule has 0 spiro atoms. The summed E-state index contributed by atoms with van der Waals surface area (Å²) in [6.45, 7) is 12.1. The summed E-state index contributed by atoms with van der Waals surface area (Å²) in [6, 6.07) is 9.05. The molecule has 0 saturated carbocycles. The molecule has 218 valence electrons. The largest absolute Gasteiger partial charge is 0.508 e. The number of ether oxygens (including phenoxy) is 2. The summed E-state index contributed by atoms with van der Waals surface area (Å²) >= 11 is 0. The average Bonchev–Trinajstić information content (AvgIpc) is 2.86. The maximum atomic E-state index is 14.3. The van der Waals surface area contributed by atoms with Crippen LogP contribution in [0.15, 0.2) is 42.5 Å². The Morgan fingerprint density at radius 3 is 2.17 bits per heavy atom. The SMILES string of the molecule is COC(=O)CNC(=O)C(c1cccc(C)c1C)N(C(=O)C(Cc1ccc(O)cc1)NC(=O)OC(C)(C)C)C(C)C. The Morgan fingerprint density at radius 2 is 1.62 bits per heavy atom. The Bertz CT molecular complexity index is 1200. The number of aryl methyl sites for hydroxylation is 1. The first-order valence-electron chi connectivity index (χ1n) is 13.1. The van der Waals surface area contributed by atoms with Crippen LogP contribution in [0, 0.1) is 13.8 Å². The van der Waals surface area contributed by atoms with E-state index in [2.05, 4.69) is 15.4 Å². The molecular weight excluding hydrogens is 514 g/mol. The zero-order chi connectivity index (χ0) is 30.2. The maximum absolute atomic E-state index is 14.3. The Hall–Kier alpha value is -4.08. The second-order valence-corrected chi connectivity index (χ2v) is 10.9. The fraction of sp³-hybridized carbons (Fsp3) is 0.467. The van der Waals surface area contributed by atoms with Gasteiger partial charge in [-0.25, -0.2) is 4.79 Å². The number of alkyl carbamates (subject to hydrolysis) is 1. The van der Waals surface area contributed by atoms with Crippen molar-refractivity contribution in [3.8, 4) is 5.75 Å². The van der Waals surface area contributed by atoms with E-state index in [1.165, 1.54) is 24.1 Å². The smallest absolute Gasteiger partial charge is 0.408 e. The topological polar surface area (TPSA) is 134 Å². The molecule has 0 aromatic heterocycles. The first-order valence-corrected chi connectivity index (χ1v) is 13.1. The number of rotatable bonds is 10. The Kier molecular flexibility index (Phi) is 11.1. The first kappa shape index (κ1) is 32.1. The number of benzene rings is 2. The van der Waals surface area contributed by atoms with Crippen LogP contribution in [0.4, 0.5) is 4.79 Å². The first-order chi connectivity index (χ1) is 18.6. The monoisotopic (exact) mass is 555 g/mol. The number of carbonyl (C=O) groups is 4. The van der Waals surface area contributed by atoms with Crippen molar-refractivity contribution < 1.29 is 33.8 Å². The third kappa shape index (κ3) is 9.00. The molecule has 10 nitrogen and oxygen atoms in total.